The van der Waals surface area contributed by atoms with Gasteiger partial charge in [-0.3, -0.25) is 9.48 Å². The third-order valence-electron chi connectivity index (χ3n) is 5.14. The predicted octanol–water partition coefficient (Wildman–Crippen LogP) is 2.25. The van der Waals surface area contributed by atoms with Gasteiger partial charge in [-0.25, -0.2) is 17.2 Å². The highest BCUT2D eigenvalue weighted by molar-refractivity contribution is 7.88. The summed E-state index contributed by atoms with van der Waals surface area (Å²) < 4.78 is 54.2. The minimum Gasteiger partial charge on any atom is -0.338 e. The Labute approximate surface area is 169 Å². The topological polar surface area (TPSA) is 75.5 Å². The molecule has 7 nitrogen and oxygen atoms in total. The van der Waals surface area contributed by atoms with Gasteiger partial charge in [0.1, 0.15) is 17.3 Å². The van der Waals surface area contributed by atoms with E-state index in [9.17, 15) is 22.0 Å². The molecule has 1 saturated heterocycles. The molecule has 0 spiro atoms. The van der Waals surface area contributed by atoms with Gasteiger partial charge in [-0.15, -0.1) is 0 Å². The number of piperidine rings is 1. The van der Waals surface area contributed by atoms with Crippen molar-refractivity contribution >= 4 is 15.9 Å². The number of carbonyl (C=O) groups is 1. The second-order valence-electron chi connectivity index (χ2n) is 7.18. The number of carbonyl (C=O) groups excluding carboxylic acids is 1. The average Bonchev–Trinajstić information content (AvgIpc) is 3.02. The van der Waals surface area contributed by atoms with Gasteiger partial charge in [0.05, 0.1) is 11.8 Å². The summed E-state index contributed by atoms with van der Waals surface area (Å²) in [5.74, 6) is -1.80. The number of sulfonamides is 1. The Morgan fingerprint density at radius 2 is 1.93 bits per heavy atom. The van der Waals surface area contributed by atoms with E-state index in [1.807, 2.05) is 0 Å². The molecule has 0 saturated carbocycles. The molecular formula is C19H24F2N4O3S. The number of halogens is 2. The van der Waals surface area contributed by atoms with Crippen LogP contribution in [0.5, 0.6) is 0 Å². The van der Waals surface area contributed by atoms with Crippen molar-refractivity contribution in [1.82, 2.24) is 19.0 Å². The Morgan fingerprint density at radius 1 is 1.28 bits per heavy atom. The van der Waals surface area contributed by atoms with Crippen molar-refractivity contribution in [3.05, 3.63) is 41.6 Å². The fraction of sp³-hybridized carbons (Fsp3) is 0.474. The van der Waals surface area contributed by atoms with E-state index in [1.165, 1.54) is 27.5 Å². The molecule has 0 bridgehead atoms. The standard InChI is InChI=1S/C19H24F2N4O3S/c1-4-25(29(3,27)28)14-7-9-24(10-8-14)19(26)16-12-23(2)22-18(16)15-6-5-13(20)11-17(15)21/h5-6,11-12,14H,4,7-10H2,1-3H3. The molecule has 1 aliphatic rings. The Kier molecular flexibility index (Phi) is 6.04. The Hall–Kier alpha value is -2.33. The van der Waals surface area contributed by atoms with Gasteiger partial charge in [0.15, 0.2) is 0 Å². The summed E-state index contributed by atoms with van der Waals surface area (Å²) in [6, 6.07) is 2.99. The molecular weight excluding hydrogens is 402 g/mol. The van der Waals surface area contributed by atoms with Crippen molar-refractivity contribution in [3.8, 4) is 11.3 Å². The van der Waals surface area contributed by atoms with Crippen LogP contribution in [0.3, 0.4) is 0 Å². The largest absolute Gasteiger partial charge is 0.338 e. The molecule has 0 atom stereocenters. The lowest BCUT2D eigenvalue weighted by Crippen LogP contribution is -2.48. The van der Waals surface area contributed by atoms with Gasteiger partial charge >= 0.3 is 0 Å². The minimum absolute atomic E-state index is 0.0551. The molecule has 0 N–H and O–H groups in total. The number of nitrogens with zero attached hydrogens (tertiary/aromatic N) is 4. The Morgan fingerprint density at radius 3 is 2.48 bits per heavy atom. The molecule has 0 aliphatic carbocycles. The van der Waals surface area contributed by atoms with E-state index in [2.05, 4.69) is 5.10 Å². The molecule has 1 amide bonds. The highest BCUT2D eigenvalue weighted by atomic mass is 32.2. The van der Waals surface area contributed by atoms with Crippen molar-refractivity contribution in [2.24, 2.45) is 7.05 Å². The van der Waals surface area contributed by atoms with Crippen LogP contribution in [0.25, 0.3) is 11.3 Å². The second-order valence-corrected chi connectivity index (χ2v) is 9.11. The molecule has 1 aliphatic heterocycles. The van der Waals surface area contributed by atoms with Gasteiger partial charge in [0.25, 0.3) is 5.91 Å². The monoisotopic (exact) mass is 426 g/mol. The zero-order chi connectivity index (χ0) is 21.3. The Balaban J connectivity index is 1.81. The fourth-order valence-corrected chi connectivity index (χ4v) is 5.04. The lowest BCUT2D eigenvalue weighted by molar-refractivity contribution is 0.0681. The molecule has 1 fully saturated rings. The summed E-state index contributed by atoms with van der Waals surface area (Å²) in [5.41, 5.74) is 0.440. The van der Waals surface area contributed by atoms with E-state index in [0.29, 0.717) is 32.5 Å². The zero-order valence-corrected chi connectivity index (χ0v) is 17.4. The first-order chi connectivity index (χ1) is 13.6. The normalized spacial score (nSPS) is 15.9. The number of aryl methyl sites for hydroxylation is 1. The van der Waals surface area contributed by atoms with Crippen molar-refractivity contribution < 1.29 is 22.0 Å². The van der Waals surface area contributed by atoms with Crippen LogP contribution in [0.15, 0.2) is 24.4 Å². The van der Waals surface area contributed by atoms with E-state index in [-0.39, 0.29) is 28.8 Å². The van der Waals surface area contributed by atoms with Gasteiger partial charge < -0.3 is 4.90 Å². The molecule has 1 aromatic heterocycles. The molecule has 2 aromatic rings. The molecule has 158 valence electrons. The SMILES string of the molecule is CCN(C1CCN(C(=O)c2cn(C)nc2-c2ccc(F)cc2F)CC1)S(C)(=O)=O. The quantitative estimate of drug-likeness (QED) is 0.735. The zero-order valence-electron chi connectivity index (χ0n) is 16.6. The van der Waals surface area contributed by atoms with Crippen molar-refractivity contribution in [1.29, 1.82) is 0 Å². The van der Waals surface area contributed by atoms with E-state index in [4.69, 9.17) is 0 Å². The first-order valence-electron chi connectivity index (χ1n) is 9.37. The first-order valence-corrected chi connectivity index (χ1v) is 11.2. The van der Waals surface area contributed by atoms with E-state index >= 15 is 0 Å². The molecule has 1 aromatic carbocycles. The lowest BCUT2D eigenvalue weighted by atomic mass is 10.0. The maximum Gasteiger partial charge on any atom is 0.257 e. The molecule has 0 unspecified atom stereocenters. The third kappa shape index (κ3) is 4.48. The van der Waals surface area contributed by atoms with Gasteiger partial charge in [-0.05, 0) is 25.0 Å². The van der Waals surface area contributed by atoms with Crippen LogP contribution in [-0.2, 0) is 17.1 Å². The van der Waals surface area contributed by atoms with Crippen LogP contribution in [0.4, 0.5) is 8.78 Å². The third-order valence-corrected chi connectivity index (χ3v) is 6.55. The van der Waals surface area contributed by atoms with E-state index in [0.717, 1.165) is 12.1 Å². The Bertz CT molecular complexity index is 1010. The van der Waals surface area contributed by atoms with Crippen LogP contribution >= 0.6 is 0 Å². The number of rotatable bonds is 5. The highest BCUT2D eigenvalue weighted by Crippen LogP contribution is 2.28. The average molecular weight is 426 g/mol. The number of hydrogen-bond acceptors (Lipinski definition) is 4. The minimum atomic E-state index is -3.31. The van der Waals surface area contributed by atoms with E-state index < -0.39 is 21.7 Å². The smallest absolute Gasteiger partial charge is 0.257 e. The van der Waals surface area contributed by atoms with Crippen LogP contribution < -0.4 is 0 Å². The van der Waals surface area contributed by atoms with Gasteiger partial charge in [-0.2, -0.15) is 9.40 Å². The molecule has 3 rings (SSSR count). The molecule has 2 heterocycles. The maximum absolute atomic E-state index is 14.2. The van der Waals surface area contributed by atoms with Crippen LogP contribution in [0, 0.1) is 11.6 Å². The van der Waals surface area contributed by atoms with Crippen LogP contribution in [0.1, 0.15) is 30.1 Å². The number of likely N-dealkylation sites (tertiary alicyclic amines) is 1. The van der Waals surface area contributed by atoms with Gasteiger partial charge in [0, 0.05) is 50.6 Å². The predicted molar refractivity (Wildman–Crippen MR) is 105 cm³/mol. The second kappa shape index (κ2) is 8.19. The van der Waals surface area contributed by atoms with Crippen LogP contribution in [-0.4, -0.2) is 65.2 Å². The van der Waals surface area contributed by atoms with Crippen molar-refractivity contribution in [2.75, 3.05) is 25.9 Å². The number of benzene rings is 1. The summed E-state index contributed by atoms with van der Waals surface area (Å²) in [6.45, 7) is 2.94. The molecule has 10 heteroatoms. The fourth-order valence-electron chi connectivity index (χ4n) is 3.82. The van der Waals surface area contributed by atoms with Crippen LogP contribution in [0.2, 0.25) is 0 Å². The van der Waals surface area contributed by atoms with Gasteiger partial charge in [0.2, 0.25) is 10.0 Å². The van der Waals surface area contributed by atoms with Crippen molar-refractivity contribution in [2.45, 2.75) is 25.8 Å². The number of aromatic nitrogens is 2. The first kappa shape index (κ1) is 21.4. The summed E-state index contributed by atoms with van der Waals surface area (Å²) in [5, 5.41) is 4.20. The summed E-state index contributed by atoms with van der Waals surface area (Å²) in [6.07, 6.45) is 3.74. The summed E-state index contributed by atoms with van der Waals surface area (Å²) in [7, 11) is -1.68. The highest BCUT2D eigenvalue weighted by Gasteiger charge is 2.32. The van der Waals surface area contributed by atoms with Gasteiger partial charge in [-0.1, -0.05) is 6.92 Å². The van der Waals surface area contributed by atoms with E-state index in [1.54, 1.807) is 18.9 Å². The number of hydrogen-bond donors (Lipinski definition) is 0. The summed E-state index contributed by atoms with van der Waals surface area (Å²) in [4.78, 5) is 14.7. The number of amides is 1. The lowest BCUT2D eigenvalue weighted by Gasteiger charge is -2.36. The maximum atomic E-state index is 14.2. The van der Waals surface area contributed by atoms with Crippen molar-refractivity contribution in [3.63, 3.8) is 0 Å². The summed E-state index contributed by atoms with van der Waals surface area (Å²) >= 11 is 0. The molecule has 29 heavy (non-hydrogen) atoms. The molecule has 0 radical (unpaired) electrons.